The number of hydrogen-bond donors (Lipinski definition) is 1. The number of fused-ring (bicyclic) bond motifs is 1. The van der Waals surface area contributed by atoms with Crippen LogP contribution >= 0.6 is 0 Å². The van der Waals surface area contributed by atoms with Gasteiger partial charge in [-0.15, -0.1) is 0 Å². The van der Waals surface area contributed by atoms with E-state index in [1.165, 1.54) is 6.33 Å². The van der Waals surface area contributed by atoms with Gasteiger partial charge in [-0.2, -0.15) is 0 Å². The highest BCUT2D eigenvalue weighted by atomic mass is 16.5. The van der Waals surface area contributed by atoms with Gasteiger partial charge in [0, 0.05) is 24.2 Å². The summed E-state index contributed by atoms with van der Waals surface area (Å²) in [6, 6.07) is 6.97. The van der Waals surface area contributed by atoms with E-state index in [-0.39, 0.29) is 0 Å². The van der Waals surface area contributed by atoms with Gasteiger partial charge in [-0.25, -0.2) is 14.8 Å². The predicted molar refractivity (Wildman–Crippen MR) is 69.0 cm³/mol. The van der Waals surface area contributed by atoms with Crippen molar-refractivity contribution in [2.45, 2.75) is 19.4 Å². The van der Waals surface area contributed by atoms with Gasteiger partial charge in [-0.1, -0.05) is 6.07 Å². The molecule has 1 aliphatic heterocycles. The van der Waals surface area contributed by atoms with E-state index in [0.717, 1.165) is 11.3 Å². The third kappa shape index (κ3) is 2.40. The predicted octanol–water partition coefficient (Wildman–Crippen LogP) is 1.97. The van der Waals surface area contributed by atoms with Crippen LogP contribution in [-0.4, -0.2) is 27.1 Å². The lowest BCUT2D eigenvalue weighted by Crippen LogP contribution is -2.24. The molecule has 102 valence electrons. The van der Waals surface area contributed by atoms with Gasteiger partial charge in [0.1, 0.15) is 17.8 Å². The molecule has 2 aromatic rings. The van der Waals surface area contributed by atoms with E-state index in [2.05, 4.69) is 9.97 Å². The molecule has 1 N–H and O–H groups in total. The maximum Gasteiger partial charge on any atom is 0.345 e. The van der Waals surface area contributed by atoms with Crippen molar-refractivity contribution in [2.75, 3.05) is 0 Å². The maximum absolute atomic E-state index is 10.9. The average molecular weight is 272 g/mol. The Morgan fingerprint density at radius 2 is 2.25 bits per heavy atom. The fourth-order valence-electron chi connectivity index (χ4n) is 2.02. The molecule has 0 spiro atoms. The van der Waals surface area contributed by atoms with E-state index in [1.54, 1.807) is 18.2 Å². The summed E-state index contributed by atoms with van der Waals surface area (Å²) in [5, 5.41) is 8.95. The van der Waals surface area contributed by atoms with Crippen molar-refractivity contribution in [3.8, 4) is 17.4 Å². The molecule has 1 aliphatic rings. The lowest BCUT2D eigenvalue weighted by Gasteiger charge is -2.07. The lowest BCUT2D eigenvalue weighted by atomic mass is 10.1. The third-order valence-corrected chi connectivity index (χ3v) is 2.99. The highest BCUT2D eigenvalue weighted by Crippen LogP contribution is 2.33. The van der Waals surface area contributed by atoms with Gasteiger partial charge in [-0.3, -0.25) is 0 Å². The van der Waals surface area contributed by atoms with E-state index in [4.69, 9.17) is 14.6 Å². The number of ether oxygens (including phenoxy) is 2. The molecule has 1 aromatic heterocycles. The molecule has 0 saturated heterocycles. The summed E-state index contributed by atoms with van der Waals surface area (Å²) in [5.74, 6) is 0.564. The number of carbonyl (C=O) groups is 1. The zero-order valence-electron chi connectivity index (χ0n) is 10.7. The molecular formula is C14H12N2O4. The van der Waals surface area contributed by atoms with Crippen LogP contribution in [0.3, 0.4) is 0 Å². The lowest BCUT2D eigenvalue weighted by molar-refractivity contribution is -0.144. The van der Waals surface area contributed by atoms with Crippen LogP contribution in [0, 0.1) is 6.92 Å². The molecule has 0 radical (unpaired) electrons. The van der Waals surface area contributed by atoms with E-state index >= 15 is 0 Å². The Balaban J connectivity index is 1.81. The second kappa shape index (κ2) is 4.80. The standard InChI is InChI=1S/C14H12N2O4/c1-8-4-13(16-7-15-8)19-10-3-2-9-5-12(14(17)18)20-11(9)6-10/h2-4,6-7,12H,5H2,1H3,(H,17,18). The minimum Gasteiger partial charge on any atom is -0.478 e. The van der Waals surface area contributed by atoms with E-state index in [9.17, 15) is 4.79 Å². The van der Waals surface area contributed by atoms with Crippen molar-refractivity contribution < 1.29 is 19.4 Å². The highest BCUT2D eigenvalue weighted by Gasteiger charge is 2.29. The fourth-order valence-corrected chi connectivity index (χ4v) is 2.02. The second-order valence-electron chi connectivity index (χ2n) is 4.52. The summed E-state index contributed by atoms with van der Waals surface area (Å²) in [7, 11) is 0. The summed E-state index contributed by atoms with van der Waals surface area (Å²) in [5.41, 5.74) is 1.67. The molecule has 0 aliphatic carbocycles. The Kier molecular flexibility index (Phi) is 2.98. The molecule has 1 aromatic carbocycles. The quantitative estimate of drug-likeness (QED) is 0.919. The number of carboxylic acid groups (broad SMARTS) is 1. The van der Waals surface area contributed by atoms with Crippen LogP contribution in [0.4, 0.5) is 0 Å². The van der Waals surface area contributed by atoms with Crippen molar-refractivity contribution in [1.29, 1.82) is 0 Å². The van der Waals surface area contributed by atoms with Crippen LogP contribution in [0.15, 0.2) is 30.6 Å². The van der Waals surface area contributed by atoms with Gasteiger partial charge in [0.15, 0.2) is 6.10 Å². The van der Waals surface area contributed by atoms with Crippen molar-refractivity contribution in [1.82, 2.24) is 9.97 Å². The molecule has 20 heavy (non-hydrogen) atoms. The Labute approximate surface area is 115 Å². The first kappa shape index (κ1) is 12.4. The number of aliphatic carboxylic acids is 1. The molecule has 6 heteroatoms. The summed E-state index contributed by atoms with van der Waals surface area (Å²) in [4.78, 5) is 18.9. The van der Waals surface area contributed by atoms with Crippen LogP contribution in [0.25, 0.3) is 0 Å². The largest absolute Gasteiger partial charge is 0.478 e. The van der Waals surface area contributed by atoms with Gasteiger partial charge in [0.25, 0.3) is 0 Å². The third-order valence-electron chi connectivity index (χ3n) is 2.99. The topological polar surface area (TPSA) is 81.5 Å². The van der Waals surface area contributed by atoms with Crippen molar-refractivity contribution in [2.24, 2.45) is 0 Å². The molecule has 6 nitrogen and oxygen atoms in total. The van der Waals surface area contributed by atoms with Gasteiger partial charge in [0.05, 0.1) is 0 Å². The van der Waals surface area contributed by atoms with Crippen LogP contribution in [0.2, 0.25) is 0 Å². The first-order valence-electron chi connectivity index (χ1n) is 6.11. The van der Waals surface area contributed by atoms with Crippen LogP contribution in [-0.2, 0) is 11.2 Å². The second-order valence-corrected chi connectivity index (χ2v) is 4.52. The van der Waals surface area contributed by atoms with Gasteiger partial charge < -0.3 is 14.6 Å². The smallest absolute Gasteiger partial charge is 0.345 e. The molecular weight excluding hydrogens is 260 g/mol. The van der Waals surface area contributed by atoms with Crippen LogP contribution < -0.4 is 9.47 Å². The Morgan fingerprint density at radius 1 is 1.40 bits per heavy atom. The first-order chi connectivity index (χ1) is 9.61. The summed E-state index contributed by atoms with van der Waals surface area (Å²) in [6.45, 7) is 1.85. The number of aromatic nitrogens is 2. The van der Waals surface area contributed by atoms with E-state index in [0.29, 0.717) is 23.8 Å². The number of nitrogens with zero attached hydrogens (tertiary/aromatic N) is 2. The summed E-state index contributed by atoms with van der Waals surface area (Å²) >= 11 is 0. The minimum atomic E-state index is -0.963. The van der Waals surface area contributed by atoms with Crippen molar-refractivity contribution in [3.63, 3.8) is 0 Å². The van der Waals surface area contributed by atoms with E-state index < -0.39 is 12.1 Å². The molecule has 0 bridgehead atoms. The van der Waals surface area contributed by atoms with Gasteiger partial charge >= 0.3 is 5.97 Å². The zero-order valence-corrected chi connectivity index (χ0v) is 10.7. The molecule has 3 rings (SSSR count). The average Bonchev–Trinajstić information content (AvgIpc) is 2.82. The normalized spacial score (nSPS) is 16.4. The monoisotopic (exact) mass is 272 g/mol. The van der Waals surface area contributed by atoms with Crippen molar-refractivity contribution in [3.05, 3.63) is 41.9 Å². The highest BCUT2D eigenvalue weighted by molar-refractivity contribution is 5.74. The Bertz CT molecular complexity index is 672. The Morgan fingerprint density at radius 3 is 3.00 bits per heavy atom. The maximum atomic E-state index is 10.9. The zero-order chi connectivity index (χ0) is 14.1. The van der Waals surface area contributed by atoms with E-state index in [1.807, 2.05) is 13.0 Å². The molecule has 1 unspecified atom stereocenters. The first-order valence-corrected chi connectivity index (χ1v) is 6.11. The van der Waals surface area contributed by atoms with Crippen LogP contribution in [0.1, 0.15) is 11.3 Å². The minimum absolute atomic E-state index is 0.373. The molecule has 2 heterocycles. The number of rotatable bonds is 3. The summed E-state index contributed by atoms with van der Waals surface area (Å²) < 4.78 is 11.0. The number of aryl methyl sites for hydroxylation is 1. The number of carboxylic acids is 1. The van der Waals surface area contributed by atoms with Crippen LogP contribution in [0.5, 0.6) is 17.4 Å². The molecule has 0 saturated carbocycles. The molecule has 1 atom stereocenters. The fraction of sp³-hybridized carbons (Fsp3) is 0.214. The molecule has 0 amide bonds. The number of hydrogen-bond acceptors (Lipinski definition) is 5. The van der Waals surface area contributed by atoms with Gasteiger partial charge in [0.2, 0.25) is 5.88 Å². The molecule has 0 fully saturated rings. The summed E-state index contributed by atoms with van der Waals surface area (Å²) in [6.07, 6.45) is 0.980. The van der Waals surface area contributed by atoms with Crippen molar-refractivity contribution >= 4 is 5.97 Å². The number of benzene rings is 1. The Hall–Kier alpha value is -2.63. The SMILES string of the molecule is Cc1cc(Oc2ccc3c(c2)OC(C(=O)O)C3)ncn1. The van der Waals surface area contributed by atoms with Gasteiger partial charge in [-0.05, 0) is 18.6 Å².